The molecule has 4 aliphatic rings. The molecule has 0 saturated heterocycles. The van der Waals surface area contributed by atoms with E-state index in [1.165, 1.54) is 117 Å². The molecule has 0 fully saturated rings. The first-order chi connectivity index (χ1) is 32.5. The van der Waals surface area contributed by atoms with E-state index >= 15 is 0 Å². The Morgan fingerprint density at radius 2 is 0.716 bits per heavy atom. The molecule has 0 spiro atoms. The standard InChI is InChI=1S/C62H51B3N2/c1-61(2,3)44-28-32-46(33-29-44)63-48-21-13-14-24-54(48)66-56-25-16-26-57-58(56)65(50-23-15-22-49(63)59(50)66)53-39-43(41-19-11-8-12-20-41)38-52-60(53)67(57)55-36-27-42(40-17-9-7-10-18-40)37-51(55)64(52)47-34-30-45(31-35-47)62(4,5)6/h7-39H,1-6H3. The van der Waals surface area contributed by atoms with Gasteiger partial charge in [-0.3, -0.25) is 0 Å². The number of benzene rings is 9. The van der Waals surface area contributed by atoms with Crippen LogP contribution in [-0.4, -0.2) is 20.1 Å². The minimum Gasteiger partial charge on any atom is -0.312 e. The molecule has 4 aliphatic heterocycles. The average Bonchev–Trinajstić information content (AvgIpc) is 3.35. The van der Waals surface area contributed by atoms with Crippen molar-refractivity contribution in [2.45, 2.75) is 52.4 Å². The zero-order chi connectivity index (χ0) is 45.3. The van der Waals surface area contributed by atoms with Crippen molar-refractivity contribution in [2.75, 3.05) is 9.80 Å². The summed E-state index contributed by atoms with van der Waals surface area (Å²) in [6.45, 7) is 13.9. The van der Waals surface area contributed by atoms with Crippen LogP contribution in [0.15, 0.2) is 200 Å². The van der Waals surface area contributed by atoms with Gasteiger partial charge in [-0.05, 0) is 107 Å². The molecule has 9 aromatic rings. The van der Waals surface area contributed by atoms with Crippen LogP contribution in [-0.2, 0) is 10.8 Å². The third-order valence-electron chi connectivity index (χ3n) is 15.3. The van der Waals surface area contributed by atoms with Crippen LogP contribution in [0.4, 0.5) is 34.1 Å². The predicted molar refractivity (Wildman–Crippen MR) is 291 cm³/mol. The van der Waals surface area contributed by atoms with E-state index in [4.69, 9.17) is 0 Å². The summed E-state index contributed by atoms with van der Waals surface area (Å²) in [5, 5.41) is 0. The van der Waals surface area contributed by atoms with Gasteiger partial charge in [-0.1, -0.05) is 228 Å². The molecule has 0 aliphatic carbocycles. The van der Waals surface area contributed by atoms with E-state index in [1.807, 2.05) is 0 Å². The van der Waals surface area contributed by atoms with Crippen LogP contribution in [0.2, 0.25) is 0 Å². The third kappa shape index (κ3) is 6.06. The molecule has 5 heteroatoms. The van der Waals surface area contributed by atoms with Gasteiger partial charge in [0, 0.05) is 34.1 Å². The Morgan fingerprint density at radius 1 is 0.299 bits per heavy atom. The Labute approximate surface area is 397 Å². The Bertz CT molecular complexity index is 3440. The maximum Gasteiger partial charge on any atom is 0.252 e. The molecule has 0 atom stereocenters. The summed E-state index contributed by atoms with van der Waals surface area (Å²) >= 11 is 0. The second-order valence-electron chi connectivity index (χ2n) is 21.3. The lowest BCUT2D eigenvalue weighted by Gasteiger charge is -2.49. The first kappa shape index (κ1) is 40.1. The zero-order valence-corrected chi connectivity index (χ0v) is 39.2. The number of fused-ring (bicyclic) bond motifs is 8. The molecule has 67 heavy (non-hydrogen) atoms. The third-order valence-corrected chi connectivity index (χ3v) is 15.3. The molecule has 2 nitrogen and oxygen atoms in total. The first-order valence-electron chi connectivity index (χ1n) is 24.1. The maximum absolute atomic E-state index is 2.64. The molecule has 0 aromatic heterocycles. The largest absolute Gasteiger partial charge is 0.312 e. The number of para-hydroxylation sites is 2. The van der Waals surface area contributed by atoms with Crippen LogP contribution < -0.4 is 59.0 Å². The van der Waals surface area contributed by atoms with Gasteiger partial charge in [-0.2, -0.15) is 0 Å². The summed E-state index contributed by atoms with van der Waals surface area (Å²) < 4.78 is 0. The number of hydrogen-bond acceptors (Lipinski definition) is 2. The highest BCUT2D eigenvalue weighted by atomic mass is 15.2. The second kappa shape index (κ2) is 14.6. The van der Waals surface area contributed by atoms with Crippen molar-refractivity contribution in [3.05, 3.63) is 211 Å². The van der Waals surface area contributed by atoms with Crippen LogP contribution >= 0.6 is 0 Å². The summed E-state index contributed by atoms with van der Waals surface area (Å²) in [7, 11) is 0. The molecule has 0 unspecified atom stereocenters. The van der Waals surface area contributed by atoms with E-state index in [2.05, 4.69) is 252 Å². The molecule has 318 valence electrons. The van der Waals surface area contributed by atoms with Crippen molar-refractivity contribution in [1.82, 2.24) is 0 Å². The minimum absolute atomic E-state index is 0.00294. The van der Waals surface area contributed by atoms with Crippen LogP contribution in [0, 0.1) is 0 Å². The van der Waals surface area contributed by atoms with Crippen molar-refractivity contribution in [3.8, 4) is 22.3 Å². The van der Waals surface area contributed by atoms with Crippen molar-refractivity contribution in [3.63, 3.8) is 0 Å². The first-order valence-corrected chi connectivity index (χ1v) is 24.1. The van der Waals surface area contributed by atoms with E-state index in [1.54, 1.807) is 0 Å². The van der Waals surface area contributed by atoms with Crippen molar-refractivity contribution < 1.29 is 0 Å². The fourth-order valence-electron chi connectivity index (χ4n) is 12.1. The number of anilines is 6. The highest BCUT2D eigenvalue weighted by Crippen LogP contribution is 2.46. The van der Waals surface area contributed by atoms with E-state index in [-0.39, 0.29) is 31.0 Å². The highest BCUT2D eigenvalue weighted by molar-refractivity contribution is 7.05. The smallest absolute Gasteiger partial charge is 0.252 e. The molecule has 0 saturated carbocycles. The molecule has 0 radical (unpaired) electrons. The average molecular weight is 857 g/mol. The van der Waals surface area contributed by atoms with Gasteiger partial charge >= 0.3 is 0 Å². The molecule has 13 rings (SSSR count). The van der Waals surface area contributed by atoms with Crippen LogP contribution in [0.25, 0.3) is 22.3 Å². The minimum atomic E-state index is 0.00294. The van der Waals surface area contributed by atoms with Crippen molar-refractivity contribution in [2.24, 2.45) is 0 Å². The van der Waals surface area contributed by atoms with Gasteiger partial charge in [-0.15, -0.1) is 0 Å². The van der Waals surface area contributed by atoms with Gasteiger partial charge < -0.3 is 9.80 Å². The number of hydrogen-bond donors (Lipinski definition) is 0. The molecule has 9 aromatic carbocycles. The van der Waals surface area contributed by atoms with E-state index in [0.29, 0.717) is 0 Å². The van der Waals surface area contributed by atoms with Crippen molar-refractivity contribution in [1.29, 1.82) is 0 Å². The van der Waals surface area contributed by atoms with Gasteiger partial charge in [0.25, 0.3) is 6.71 Å². The molecule has 0 bridgehead atoms. The number of rotatable bonds is 4. The summed E-state index contributed by atoms with van der Waals surface area (Å²) in [4.78, 5) is 5.26. The predicted octanol–water partition coefficient (Wildman–Crippen LogP) is 9.36. The molecule has 4 heterocycles. The quantitative estimate of drug-likeness (QED) is 0.163. The lowest BCUT2D eigenvalue weighted by molar-refractivity contribution is 0.590. The van der Waals surface area contributed by atoms with Crippen molar-refractivity contribution >= 4 is 103 Å². The second-order valence-corrected chi connectivity index (χ2v) is 21.3. The summed E-state index contributed by atoms with van der Waals surface area (Å²) in [5.41, 5.74) is 27.6. The summed E-state index contributed by atoms with van der Waals surface area (Å²) in [5.74, 6) is 0. The van der Waals surface area contributed by atoms with E-state index < -0.39 is 0 Å². The van der Waals surface area contributed by atoms with Gasteiger partial charge in [0.1, 0.15) is 0 Å². The SMILES string of the molecule is CC(C)(C)c1ccc(B2c3ccccc3N3c4cccc5c4B(c4cccc2c43)c2cc(-c3ccccc3)cc3c2N5c2ccc(-c4ccccc4)cc2B3c2ccc(C(C)(C)C)cc2)cc1. The maximum atomic E-state index is 2.64. The fraction of sp³-hybridized carbons (Fsp3) is 0.129. The molecular weight excluding hydrogens is 805 g/mol. The van der Waals surface area contributed by atoms with Gasteiger partial charge in [0.2, 0.25) is 13.4 Å². The number of nitrogens with zero attached hydrogens (tertiary/aromatic N) is 2. The lowest BCUT2D eigenvalue weighted by atomic mass is 9.28. The Morgan fingerprint density at radius 3 is 1.30 bits per heavy atom. The van der Waals surface area contributed by atoms with Gasteiger partial charge in [0.05, 0.1) is 0 Å². The van der Waals surface area contributed by atoms with Crippen LogP contribution in [0.3, 0.4) is 0 Å². The monoisotopic (exact) mass is 856 g/mol. The summed E-state index contributed by atoms with van der Waals surface area (Å²) in [6.07, 6.45) is 0. The molecule has 0 N–H and O–H groups in total. The normalized spacial score (nSPS) is 14.0. The fourth-order valence-corrected chi connectivity index (χ4v) is 12.1. The topological polar surface area (TPSA) is 6.48 Å². The zero-order valence-electron chi connectivity index (χ0n) is 39.2. The Balaban J connectivity index is 1.11. The van der Waals surface area contributed by atoms with E-state index in [0.717, 1.165) is 0 Å². The van der Waals surface area contributed by atoms with E-state index in [9.17, 15) is 0 Å². The van der Waals surface area contributed by atoms with Crippen LogP contribution in [0.1, 0.15) is 52.7 Å². The lowest BCUT2D eigenvalue weighted by Crippen LogP contribution is -2.69. The Hall–Kier alpha value is -7.23. The highest BCUT2D eigenvalue weighted by Gasteiger charge is 2.50. The Kier molecular flexibility index (Phi) is 8.76. The van der Waals surface area contributed by atoms with Gasteiger partial charge in [-0.25, -0.2) is 0 Å². The summed E-state index contributed by atoms with van der Waals surface area (Å²) in [6, 6.07) is 76.7. The van der Waals surface area contributed by atoms with Crippen LogP contribution in [0.5, 0.6) is 0 Å². The molecular formula is C62H51B3N2. The van der Waals surface area contributed by atoms with Gasteiger partial charge in [0.15, 0.2) is 0 Å². The molecule has 0 amide bonds.